The van der Waals surface area contributed by atoms with Crippen LogP contribution in [-0.4, -0.2) is 44.8 Å². The number of hydrogen-bond donors (Lipinski definition) is 1. The maximum absolute atomic E-state index is 12.2. The van der Waals surface area contributed by atoms with Crippen LogP contribution in [-0.2, 0) is 9.59 Å². The minimum Gasteiger partial charge on any atom is -0.543 e. The summed E-state index contributed by atoms with van der Waals surface area (Å²) in [6.07, 6.45) is 2.59. The van der Waals surface area contributed by atoms with Crippen molar-refractivity contribution in [2.24, 2.45) is 11.8 Å². The van der Waals surface area contributed by atoms with Gasteiger partial charge in [-0.25, -0.2) is 0 Å². The van der Waals surface area contributed by atoms with Crippen molar-refractivity contribution >= 4 is 23.6 Å². The molecule has 2 aliphatic rings. The molecule has 3 heterocycles. The van der Waals surface area contributed by atoms with Crippen molar-refractivity contribution in [1.82, 2.24) is 9.88 Å². The van der Waals surface area contributed by atoms with E-state index in [1.807, 2.05) is 19.1 Å². The minimum atomic E-state index is -1.33. The van der Waals surface area contributed by atoms with Gasteiger partial charge in [-0.3, -0.25) is 9.78 Å². The number of aliphatic hydroxyl groups excluding tert-OH is 1. The molecule has 0 aromatic carbocycles. The fourth-order valence-electron chi connectivity index (χ4n) is 3.42. The summed E-state index contributed by atoms with van der Waals surface area (Å²) in [5, 5.41) is 21.3. The molecule has 1 fully saturated rings. The van der Waals surface area contributed by atoms with E-state index in [1.165, 1.54) is 16.7 Å². The summed E-state index contributed by atoms with van der Waals surface area (Å²) < 4.78 is 0. The Morgan fingerprint density at radius 2 is 2.25 bits per heavy atom. The molecule has 1 aromatic heterocycles. The van der Waals surface area contributed by atoms with Gasteiger partial charge in [0.2, 0.25) is 5.91 Å². The molecule has 8 heteroatoms. The van der Waals surface area contributed by atoms with Crippen LogP contribution in [0.1, 0.15) is 13.8 Å². The number of carbonyl (C=O) groups is 2. The second-order valence-corrected chi connectivity index (χ2v) is 6.94. The van der Waals surface area contributed by atoms with Crippen molar-refractivity contribution < 1.29 is 49.4 Å². The number of hydrogen-bond acceptors (Lipinski definition) is 6. The van der Waals surface area contributed by atoms with Crippen LogP contribution in [0.5, 0.6) is 0 Å². The topological polar surface area (TPSA) is 93.6 Å². The number of carboxylic acid groups (broad SMARTS) is 1. The second kappa shape index (κ2) is 7.58. The number of carboxylic acids is 1. The molecule has 3 rings (SSSR count). The third kappa shape index (κ3) is 3.15. The van der Waals surface area contributed by atoms with Gasteiger partial charge in [0.15, 0.2) is 0 Å². The number of aromatic nitrogens is 1. The van der Waals surface area contributed by atoms with Gasteiger partial charge in [-0.2, -0.15) is 0 Å². The first-order valence-corrected chi connectivity index (χ1v) is 8.40. The third-order valence-electron chi connectivity index (χ3n) is 4.54. The van der Waals surface area contributed by atoms with E-state index in [9.17, 15) is 19.8 Å². The van der Waals surface area contributed by atoms with E-state index in [0.29, 0.717) is 11.3 Å². The maximum Gasteiger partial charge on any atom is 1.00 e. The van der Waals surface area contributed by atoms with Gasteiger partial charge in [-0.05, 0) is 24.6 Å². The quantitative estimate of drug-likeness (QED) is 0.344. The van der Waals surface area contributed by atoms with Crippen molar-refractivity contribution in [1.29, 1.82) is 0 Å². The molecule has 1 saturated heterocycles. The van der Waals surface area contributed by atoms with Crippen molar-refractivity contribution in [2.75, 3.05) is 5.75 Å². The van der Waals surface area contributed by atoms with Gasteiger partial charge in [0.1, 0.15) is 0 Å². The smallest absolute Gasteiger partial charge is 0.543 e. The van der Waals surface area contributed by atoms with Crippen LogP contribution in [0.15, 0.2) is 40.7 Å². The van der Waals surface area contributed by atoms with Gasteiger partial charge in [-0.1, -0.05) is 6.92 Å². The summed E-state index contributed by atoms with van der Waals surface area (Å²) in [6.45, 7) is 3.46. The van der Waals surface area contributed by atoms with E-state index in [0.717, 1.165) is 4.90 Å². The monoisotopic (exact) mass is 356 g/mol. The Hall–Kier alpha value is -0.860. The van der Waals surface area contributed by atoms with Crippen molar-refractivity contribution in [3.05, 3.63) is 35.8 Å². The van der Waals surface area contributed by atoms with Crippen LogP contribution in [0, 0.1) is 11.8 Å². The molecule has 6 nitrogen and oxygen atoms in total. The zero-order valence-electron chi connectivity index (χ0n) is 13.8. The Kier molecular flexibility index (Phi) is 6.14. The van der Waals surface area contributed by atoms with E-state index >= 15 is 0 Å². The Balaban J connectivity index is 0.00000208. The number of carbonyl (C=O) groups excluding carboxylic acids is 2. The molecule has 0 aliphatic carbocycles. The average molecular weight is 356 g/mol. The van der Waals surface area contributed by atoms with Crippen LogP contribution in [0.4, 0.5) is 0 Å². The standard InChI is InChI=1S/C16H18N2O4S.Na/c1-8-11(7-23-10-4-3-5-17-6-10)14(16(21)22)18-13(8)12(9(2)19)15(18)20;/h3-6,8-9,12-13,19H,7H2,1-2H3,(H,21,22);/q;+1/p-1/t8-,9+,12+,13+;/m0./s1. The minimum absolute atomic E-state index is 0. The number of pyridine rings is 1. The fourth-order valence-corrected chi connectivity index (χ4v) is 4.45. The summed E-state index contributed by atoms with van der Waals surface area (Å²) in [7, 11) is 0. The SMILES string of the molecule is C[C@@H](O)[C@H]1C(=O)N2C(C(=O)[O-])=C(CSc3cccnc3)[C@H](C)[C@H]12.[Na+]. The molecular weight excluding hydrogens is 339 g/mol. The molecule has 0 radical (unpaired) electrons. The molecule has 0 unspecified atom stereocenters. The van der Waals surface area contributed by atoms with Crippen LogP contribution in [0.25, 0.3) is 0 Å². The largest absolute Gasteiger partial charge is 1.00 e. The average Bonchev–Trinajstić information content (AvgIpc) is 2.75. The molecule has 4 atom stereocenters. The summed E-state index contributed by atoms with van der Waals surface area (Å²) in [5.74, 6) is -1.89. The summed E-state index contributed by atoms with van der Waals surface area (Å²) in [4.78, 5) is 30.0. The first-order chi connectivity index (χ1) is 10.9. The molecule has 1 aromatic rings. The molecule has 0 saturated carbocycles. The number of thioether (sulfide) groups is 1. The predicted molar refractivity (Wildman–Crippen MR) is 82.0 cm³/mol. The van der Waals surface area contributed by atoms with Crippen LogP contribution in [0.3, 0.4) is 0 Å². The van der Waals surface area contributed by atoms with Gasteiger partial charge >= 0.3 is 29.6 Å². The summed E-state index contributed by atoms with van der Waals surface area (Å²) in [6, 6.07) is 3.42. The number of β-lactam (4-membered cyclic amide) rings is 1. The van der Waals surface area contributed by atoms with Gasteiger partial charge < -0.3 is 19.9 Å². The fraction of sp³-hybridized carbons (Fsp3) is 0.438. The van der Waals surface area contributed by atoms with Crippen LogP contribution >= 0.6 is 11.8 Å². The van der Waals surface area contributed by atoms with Crippen LogP contribution < -0.4 is 34.7 Å². The Morgan fingerprint density at radius 1 is 1.54 bits per heavy atom. The molecule has 0 spiro atoms. The van der Waals surface area contributed by atoms with E-state index in [1.54, 1.807) is 19.3 Å². The van der Waals surface area contributed by atoms with Crippen molar-refractivity contribution in [2.45, 2.75) is 30.9 Å². The molecule has 1 amide bonds. The summed E-state index contributed by atoms with van der Waals surface area (Å²) >= 11 is 1.47. The zero-order chi connectivity index (χ0) is 16.7. The van der Waals surface area contributed by atoms with E-state index in [-0.39, 0.29) is 53.1 Å². The molecule has 2 aliphatic heterocycles. The predicted octanol–water partition coefficient (Wildman–Crippen LogP) is -2.96. The molecule has 122 valence electrons. The number of aliphatic carboxylic acids is 1. The number of fused-ring (bicyclic) bond motifs is 1. The normalized spacial score (nSPS) is 26.5. The maximum atomic E-state index is 12.2. The number of amides is 1. The van der Waals surface area contributed by atoms with E-state index in [4.69, 9.17) is 0 Å². The Labute approximate surface area is 166 Å². The van der Waals surface area contributed by atoms with Gasteiger partial charge in [0, 0.05) is 29.0 Å². The van der Waals surface area contributed by atoms with Gasteiger partial charge in [0.05, 0.1) is 29.7 Å². The first kappa shape index (κ1) is 19.5. The number of aliphatic hydroxyl groups is 1. The van der Waals surface area contributed by atoms with Gasteiger partial charge in [0.25, 0.3) is 0 Å². The Bertz CT molecular complexity index is 680. The molecule has 24 heavy (non-hydrogen) atoms. The number of rotatable bonds is 5. The third-order valence-corrected chi connectivity index (χ3v) is 5.57. The first-order valence-electron chi connectivity index (χ1n) is 7.41. The van der Waals surface area contributed by atoms with Crippen molar-refractivity contribution in [3.63, 3.8) is 0 Å². The molecular formula is C16H17N2NaO4S. The second-order valence-electron chi connectivity index (χ2n) is 5.89. The van der Waals surface area contributed by atoms with Crippen LogP contribution in [0.2, 0.25) is 0 Å². The number of nitrogens with zero attached hydrogens (tertiary/aromatic N) is 2. The summed E-state index contributed by atoms with van der Waals surface area (Å²) in [5.41, 5.74) is 0.654. The van der Waals surface area contributed by atoms with E-state index in [2.05, 4.69) is 4.98 Å². The Morgan fingerprint density at radius 3 is 2.79 bits per heavy atom. The van der Waals surface area contributed by atoms with E-state index < -0.39 is 18.0 Å². The van der Waals surface area contributed by atoms with Gasteiger partial charge in [-0.15, -0.1) is 11.8 Å². The van der Waals surface area contributed by atoms with Crippen molar-refractivity contribution in [3.8, 4) is 0 Å². The molecule has 0 bridgehead atoms. The molecule has 1 N–H and O–H groups in total. The zero-order valence-corrected chi connectivity index (χ0v) is 16.6.